The lowest BCUT2D eigenvalue weighted by atomic mass is 9.94. The van der Waals surface area contributed by atoms with E-state index in [1.54, 1.807) is 4.52 Å². The van der Waals surface area contributed by atoms with Gasteiger partial charge in [0.25, 0.3) is 0 Å². The third-order valence-electron chi connectivity index (χ3n) is 3.27. The van der Waals surface area contributed by atoms with Crippen molar-refractivity contribution in [2.75, 3.05) is 13.1 Å². The molecule has 2 aromatic rings. The Kier molecular flexibility index (Phi) is 2.99. The van der Waals surface area contributed by atoms with E-state index in [2.05, 4.69) is 15.4 Å². The molecule has 1 aliphatic rings. The van der Waals surface area contributed by atoms with Gasteiger partial charge in [-0.15, -0.1) is 0 Å². The van der Waals surface area contributed by atoms with E-state index in [4.69, 9.17) is 11.6 Å². The Balaban J connectivity index is 1.80. The Labute approximate surface area is 105 Å². The van der Waals surface area contributed by atoms with Gasteiger partial charge in [0, 0.05) is 23.7 Å². The number of hydrogen-bond acceptors (Lipinski definition) is 3. The first-order valence-electron chi connectivity index (χ1n) is 6.03. The standard InChI is InChI=1S/C12H15ClN4/c13-10-3-6-17-12(8-10)15-11(16-17)7-9-1-4-14-5-2-9/h3,6,8-9,14H,1-2,4-5,7H2. The van der Waals surface area contributed by atoms with Crippen molar-refractivity contribution in [3.63, 3.8) is 0 Å². The van der Waals surface area contributed by atoms with Crippen LogP contribution in [0.1, 0.15) is 18.7 Å². The number of rotatable bonds is 2. The van der Waals surface area contributed by atoms with E-state index in [1.807, 2.05) is 18.3 Å². The lowest BCUT2D eigenvalue weighted by molar-refractivity contribution is 0.367. The predicted octanol–water partition coefficient (Wildman–Crippen LogP) is 1.92. The molecular formula is C12H15ClN4. The number of hydrogen-bond donors (Lipinski definition) is 1. The average Bonchev–Trinajstić information content (AvgIpc) is 2.71. The zero-order chi connectivity index (χ0) is 11.7. The quantitative estimate of drug-likeness (QED) is 0.886. The van der Waals surface area contributed by atoms with Gasteiger partial charge in [-0.05, 0) is 37.9 Å². The average molecular weight is 251 g/mol. The minimum Gasteiger partial charge on any atom is -0.317 e. The Hall–Kier alpha value is -1.13. The van der Waals surface area contributed by atoms with E-state index < -0.39 is 0 Å². The molecule has 5 heteroatoms. The molecule has 1 fully saturated rings. The largest absolute Gasteiger partial charge is 0.317 e. The molecule has 0 amide bonds. The van der Waals surface area contributed by atoms with Crippen molar-refractivity contribution in [1.29, 1.82) is 0 Å². The fraction of sp³-hybridized carbons (Fsp3) is 0.500. The van der Waals surface area contributed by atoms with E-state index >= 15 is 0 Å². The molecule has 1 saturated heterocycles. The van der Waals surface area contributed by atoms with Crippen LogP contribution in [0.25, 0.3) is 5.65 Å². The Bertz CT molecular complexity index is 516. The molecule has 0 radical (unpaired) electrons. The zero-order valence-electron chi connectivity index (χ0n) is 9.56. The number of halogens is 1. The summed E-state index contributed by atoms with van der Waals surface area (Å²) in [7, 11) is 0. The molecule has 17 heavy (non-hydrogen) atoms. The number of nitrogens with one attached hydrogen (secondary N) is 1. The van der Waals surface area contributed by atoms with Crippen molar-refractivity contribution in [1.82, 2.24) is 19.9 Å². The highest BCUT2D eigenvalue weighted by molar-refractivity contribution is 6.30. The fourth-order valence-corrected chi connectivity index (χ4v) is 2.49. The summed E-state index contributed by atoms with van der Waals surface area (Å²) in [6.07, 6.45) is 5.27. The third kappa shape index (κ3) is 2.42. The highest BCUT2D eigenvalue weighted by Crippen LogP contribution is 2.17. The molecule has 1 N–H and O–H groups in total. The van der Waals surface area contributed by atoms with Gasteiger partial charge in [-0.2, -0.15) is 5.10 Å². The van der Waals surface area contributed by atoms with Crippen LogP contribution in [0.15, 0.2) is 18.3 Å². The molecule has 4 nitrogen and oxygen atoms in total. The van der Waals surface area contributed by atoms with Gasteiger partial charge in [0.05, 0.1) is 0 Å². The number of piperidine rings is 1. The molecular weight excluding hydrogens is 236 g/mol. The third-order valence-corrected chi connectivity index (χ3v) is 3.51. The van der Waals surface area contributed by atoms with Crippen molar-refractivity contribution >= 4 is 17.2 Å². The monoisotopic (exact) mass is 250 g/mol. The van der Waals surface area contributed by atoms with Crippen molar-refractivity contribution < 1.29 is 0 Å². The molecule has 1 aliphatic heterocycles. The van der Waals surface area contributed by atoms with Crippen molar-refractivity contribution in [2.24, 2.45) is 5.92 Å². The number of fused-ring (bicyclic) bond motifs is 1. The topological polar surface area (TPSA) is 42.2 Å². The summed E-state index contributed by atoms with van der Waals surface area (Å²) in [6, 6.07) is 3.68. The van der Waals surface area contributed by atoms with Crippen LogP contribution in [0.4, 0.5) is 0 Å². The molecule has 0 spiro atoms. The zero-order valence-corrected chi connectivity index (χ0v) is 10.3. The van der Waals surface area contributed by atoms with Gasteiger partial charge in [0.1, 0.15) is 0 Å². The van der Waals surface area contributed by atoms with Crippen molar-refractivity contribution in [3.05, 3.63) is 29.2 Å². The second-order valence-electron chi connectivity index (χ2n) is 4.57. The van der Waals surface area contributed by atoms with Gasteiger partial charge >= 0.3 is 0 Å². The molecule has 3 heterocycles. The van der Waals surface area contributed by atoms with Crippen molar-refractivity contribution in [2.45, 2.75) is 19.3 Å². The Morgan fingerprint density at radius 1 is 1.41 bits per heavy atom. The van der Waals surface area contributed by atoms with Crippen LogP contribution in [0.2, 0.25) is 5.02 Å². The SMILES string of the molecule is Clc1ccn2nc(CC3CCNCC3)nc2c1. The number of aromatic nitrogens is 3. The molecule has 0 bridgehead atoms. The molecule has 0 aliphatic carbocycles. The van der Waals surface area contributed by atoms with E-state index in [0.717, 1.165) is 31.0 Å². The molecule has 0 aromatic carbocycles. The first kappa shape index (κ1) is 11.0. The summed E-state index contributed by atoms with van der Waals surface area (Å²) in [5.41, 5.74) is 0.835. The molecule has 2 aromatic heterocycles. The van der Waals surface area contributed by atoms with Crippen LogP contribution in [0.3, 0.4) is 0 Å². The van der Waals surface area contributed by atoms with E-state index in [1.165, 1.54) is 12.8 Å². The molecule has 90 valence electrons. The maximum absolute atomic E-state index is 5.93. The summed E-state index contributed by atoms with van der Waals surface area (Å²) in [5, 5.41) is 8.55. The van der Waals surface area contributed by atoms with E-state index in [9.17, 15) is 0 Å². The summed E-state index contributed by atoms with van der Waals surface area (Å²) in [6.45, 7) is 2.23. The van der Waals surface area contributed by atoms with Crippen LogP contribution in [0.5, 0.6) is 0 Å². The van der Waals surface area contributed by atoms with E-state index in [0.29, 0.717) is 10.9 Å². The van der Waals surface area contributed by atoms with Gasteiger partial charge in [0.2, 0.25) is 0 Å². The summed E-state index contributed by atoms with van der Waals surface area (Å²) >= 11 is 5.93. The van der Waals surface area contributed by atoms with Crippen LogP contribution in [0, 0.1) is 5.92 Å². The normalized spacial score (nSPS) is 17.7. The molecule has 0 atom stereocenters. The second-order valence-corrected chi connectivity index (χ2v) is 5.01. The number of nitrogens with zero attached hydrogens (tertiary/aromatic N) is 3. The van der Waals surface area contributed by atoms with Crippen LogP contribution in [-0.2, 0) is 6.42 Å². The fourth-order valence-electron chi connectivity index (χ4n) is 2.33. The van der Waals surface area contributed by atoms with Gasteiger partial charge < -0.3 is 5.32 Å². The first-order valence-corrected chi connectivity index (χ1v) is 6.40. The maximum Gasteiger partial charge on any atom is 0.157 e. The van der Waals surface area contributed by atoms with Gasteiger partial charge in [-0.3, -0.25) is 0 Å². The van der Waals surface area contributed by atoms with Crippen LogP contribution < -0.4 is 5.32 Å². The number of pyridine rings is 1. The Morgan fingerprint density at radius 2 is 2.24 bits per heavy atom. The van der Waals surface area contributed by atoms with Crippen LogP contribution in [-0.4, -0.2) is 27.7 Å². The van der Waals surface area contributed by atoms with Gasteiger partial charge in [-0.1, -0.05) is 11.6 Å². The Morgan fingerprint density at radius 3 is 3.06 bits per heavy atom. The van der Waals surface area contributed by atoms with Gasteiger partial charge in [0.15, 0.2) is 11.5 Å². The highest BCUT2D eigenvalue weighted by Gasteiger charge is 2.16. The summed E-state index contributed by atoms with van der Waals surface area (Å²) in [4.78, 5) is 4.51. The van der Waals surface area contributed by atoms with E-state index in [-0.39, 0.29) is 0 Å². The lowest BCUT2D eigenvalue weighted by Gasteiger charge is -2.20. The summed E-state index contributed by atoms with van der Waals surface area (Å²) < 4.78 is 1.79. The molecule has 0 unspecified atom stereocenters. The summed E-state index contributed by atoms with van der Waals surface area (Å²) in [5.74, 6) is 1.64. The highest BCUT2D eigenvalue weighted by atomic mass is 35.5. The smallest absolute Gasteiger partial charge is 0.157 e. The second kappa shape index (κ2) is 4.63. The molecule has 0 saturated carbocycles. The maximum atomic E-state index is 5.93. The minimum atomic E-state index is 0.707. The van der Waals surface area contributed by atoms with Gasteiger partial charge in [-0.25, -0.2) is 9.50 Å². The minimum absolute atomic E-state index is 0.707. The molecule has 3 rings (SSSR count). The van der Waals surface area contributed by atoms with Crippen LogP contribution >= 0.6 is 11.6 Å². The predicted molar refractivity (Wildman–Crippen MR) is 67.3 cm³/mol. The van der Waals surface area contributed by atoms with Crippen molar-refractivity contribution in [3.8, 4) is 0 Å². The lowest BCUT2D eigenvalue weighted by Crippen LogP contribution is -2.28. The first-order chi connectivity index (χ1) is 8.31.